The fourth-order valence-electron chi connectivity index (χ4n) is 1.64. The molecule has 0 bridgehead atoms. The Labute approximate surface area is 110 Å². The monoisotopic (exact) mass is 246 g/mol. The maximum Gasteiger partial charge on any atom is 0.138 e. The van der Waals surface area contributed by atoms with Crippen molar-refractivity contribution in [2.24, 2.45) is 5.41 Å². The molecular weight excluding hydrogens is 222 g/mol. The highest BCUT2D eigenvalue weighted by Gasteiger charge is 2.18. The fraction of sp³-hybridized carbons (Fsp3) is 0.500. The van der Waals surface area contributed by atoms with Crippen molar-refractivity contribution < 1.29 is 10.4 Å². The number of hydrogen-bond acceptors (Lipinski definition) is 1. The van der Waals surface area contributed by atoms with Gasteiger partial charge in [-0.1, -0.05) is 36.3 Å². The van der Waals surface area contributed by atoms with Gasteiger partial charge in [0.15, 0.2) is 0 Å². The molecule has 0 saturated heterocycles. The van der Waals surface area contributed by atoms with Gasteiger partial charge in [-0.05, 0) is 39.2 Å². The van der Waals surface area contributed by atoms with Gasteiger partial charge in [-0.25, -0.2) is 0 Å². The maximum absolute atomic E-state index is 10.2. The van der Waals surface area contributed by atoms with E-state index in [9.17, 15) is 5.11 Å². The molecule has 1 aromatic carbocycles. The zero-order chi connectivity index (χ0) is 13.6. The first kappa shape index (κ1) is 14.8. The molecule has 0 saturated carbocycles. The van der Waals surface area contributed by atoms with Gasteiger partial charge in [0.1, 0.15) is 18.7 Å². The van der Waals surface area contributed by atoms with Crippen molar-refractivity contribution in [3.8, 4) is 11.8 Å². The molecule has 0 radical (unpaired) electrons. The van der Waals surface area contributed by atoms with E-state index in [4.69, 9.17) is 0 Å². The van der Waals surface area contributed by atoms with Gasteiger partial charge >= 0.3 is 0 Å². The molecule has 98 valence electrons. The lowest BCUT2D eigenvalue weighted by molar-refractivity contribution is -0.684. The second kappa shape index (κ2) is 6.58. The van der Waals surface area contributed by atoms with Gasteiger partial charge in [0.25, 0.3) is 0 Å². The van der Waals surface area contributed by atoms with Crippen molar-refractivity contribution in [2.75, 3.05) is 6.54 Å². The first-order valence-corrected chi connectivity index (χ1v) is 6.46. The highest BCUT2D eigenvalue weighted by molar-refractivity contribution is 5.17. The van der Waals surface area contributed by atoms with Crippen LogP contribution >= 0.6 is 0 Å². The first-order valence-electron chi connectivity index (χ1n) is 6.46. The summed E-state index contributed by atoms with van der Waals surface area (Å²) in [5.74, 6) is 6.34. The van der Waals surface area contributed by atoms with Crippen molar-refractivity contribution >= 4 is 0 Å². The van der Waals surface area contributed by atoms with Crippen LogP contribution in [0.5, 0.6) is 0 Å². The Kier molecular flexibility index (Phi) is 5.40. The topological polar surface area (TPSA) is 36.8 Å². The Morgan fingerprint density at radius 3 is 2.39 bits per heavy atom. The number of nitrogens with two attached hydrogens (primary N) is 1. The lowest BCUT2D eigenvalue weighted by Crippen LogP contribution is -2.90. The summed E-state index contributed by atoms with van der Waals surface area (Å²) in [6, 6.07) is 9.88. The number of benzene rings is 1. The summed E-state index contributed by atoms with van der Waals surface area (Å²) >= 11 is 0. The minimum atomic E-state index is -0.442. The van der Waals surface area contributed by atoms with Crippen LogP contribution < -0.4 is 5.32 Å². The molecule has 0 unspecified atom stereocenters. The molecule has 2 atom stereocenters. The van der Waals surface area contributed by atoms with E-state index >= 15 is 0 Å². The van der Waals surface area contributed by atoms with Crippen molar-refractivity contribution in [2.45, 2.75) is 39.8 Å². The van der Waals surface area contributed by atoms with Gasteiger partial charge < -0.3 is 10.4 Å². The third-order valence-electron chi connectivity index (χ3n) is 2.69. The molecule has 0 aromatic heterocycles. The van der Waals surface area contributed by atoms with E-state index < -0.39 is 6.10 Å². The van der Waals surface area contributed by atoms with Crippen LogP contribution in [0.15, 0.2) is 30.3 Å². The molecule has 0 aliphatic heterocycles. The van der Waals surface area contributed by atoms with E-state index in [0.717, 1.165) is 12.1 Å². The van der Waals surface area contributed by atoms with Crippen LogP contribution in [-0.4, -0.2) is 17.7 Å². The molecule has 2 heteroatoms. The SMILES string of the molecule is C[C@H]([NH2+]CC#CC(C)(C)C)[C@@H](O)c1ccccc1. The fourth-order valence-corrected chi connectivity index (χ4v) is 1.64. The minimum absolute atomic E-state index is 0.0507. The van der Waals surface area contributed by atoms with Crippen LogP contribution in [0.1, 0.15) is 39.4 Å². The van der Waals surface area contributed by atoms with Gasteiger partial charge in [0.2, 0.25) is 0 Å². The summed E-state index contributed by atoms with van der Waals surface area (Å²) in [6.45, 7) is 9.05. The van der Waals surface area contributed by atoms with Gasteiger partial charge in [-0.15, -0.1) is 0 Å². The Hall–Kier alpha value is -1.30. The van der Waals surface area contributed by atoms with Gasteiger partial charge in [0, 0.05) is 5.41 Å². The summed E-state index contributed by atoms with van der Waals surface area (Å²) < 4.78 is 0. The summed E-state index contributed by atoms with van der Waals surface area (Å²) in [5.41, 5.74) is 1.01. The lowest BCUT2D eigenvalue weighted by atomic mass is 9.98. The molecule has 3 N–H and O–H groups in total. The van der Waals surface area contributed by atoms with E-state index in [1.54, 1.807) is 0 Å². The number of aliphatic hydroxyl groups is 1. The summed E-state index contributed by atoms with van der Waals surface area (Å²) in [6.07, 6.45) is -0.442. The predicted molar refractivity (Wildman–Crippen MR) is 74.9 cm³/mol. The second-order valence-electron chi connectivity index (χ2n) is 5.71. The molecule has 1 aromatic rings. The molecule has 2 nitrogen and oxygen atoms in total. The van der Waals surface area contributed by atoms with Crippen LogP contribution in [0, 0.1) is 17.3 Å². The van der Waals surface area contributed by atoms with E-state index in [1.165, 1.54) is 0 Å². The molecule has 0 amide bonds. The number of aliphatic hydroxyl groups excluding tert-OH is 1. The third kappa shape index (κ3) is 5.35. The van der Waals surface area contributed by atoms with Crippen molar-refractivity contribution in [1.29, 1.82) is 0 Å². The molecule has 18 heavy (non-hydrogen) atoms. The average Bonchev–Trinajstić information content (AvgIpc) is 2.33. The molecule has 1 rings (SSSR count). The van der Waals surface area contributed by atoms with Crippen LogP contribution in [-0.2, 0) is 0 Å². The van der Waals surface area contributed by atoms with Crippen molar-refractivity contribution in [3.05, 3.63) is 35.9 Å². The lowest BCUT2D eigenvalue weighted by Gasteiger charge is -2.16. The molecule has 0 aliphatic carbocycles. The highest BCUT2D eigenvalue weighted by atomic mass is 16.3. The average molecular weight is 246 g/mol. The van der Waals surface area contributed by atoms with E-state index in [0.29, 0.717) is 0 Å². The zero-order valence-corrected chi connectivity index (χ0v) is 11.8. The maximum atomic E-state index is 10.2. The van der Waals surface area contributed by atoms with Crippen molar-refractivity contribution in [3.63, 3.8) is 0 Å². The predicted octanol–water partition coefficient (Wildman–Crippen LogP) is 1.72. The summed E-state index contributed by atoms with van der Waals surface area (Å²) in [7, 11) is 0. The molecule has 0 spiro atoms. The Morgan fingerprint density at radius 1 is 1.22 bits per heavy atom. The standard InChI is InChI=1S/C16H23NO/c1-13(17-12-8-11-16(2,3)4)15(18)14-9-6-5-7-10-14/h5-7,9-10,13,15,17-18H,12H2,1-4H3/p+1/t13-,15+/m0/s1. The van der Waals surface area contributed by atoms with Crippen LogP contribution in [0.4, 0.5) is 0 Å². The quantitative estimate of drug-likeness (QED) is 0.780. The van der Waals surface area contributed by atoms with Crippen LogP contribution in [0.25, 0.3) is 0 Å². The zero-order valence-electron chi connectivity index (χ0n) is 11.8. The second-order valence-corrected chi connectivity index (χ2v) is 5.71. The largest absolute Gasteiger partial charge is 0.382 e. The number of rotatable bonds is 4. The van der Waals surface area contributed by atoms with E-state index in [-0.39, 0.29) is 11.5 Å². The van der Waals surface area contributed by atoms with E-state index in [2.05, 4.69) is 37.9 Å². The van der Waals surface area contributed by atoms with Crippen LogP contribution in [0.2, 0.25) is 0 Å². The molecule has 0 heterocycles. The van der Waals surface area contributed by atoms with Gasteiger partial charge in [0.05, 0.1) is 0 Å². The summed E-state index contributed by atoms with van der Waals surface area (Å²) in [4.78, 5) is 0. The summed E-state index contributed by atoms with van der Waals surface area (Å²) in [5, 5.41) is 12.2. The normalized spacial score (nSPS) is 14.5. The van der Waals surface area contributed by atoms with Crippen LogP contribution in [0.3, 0.4) is 0 Å². The minimum Gasteiger partial charge on any atom is -0.382 e. The molecular formula is C16H24NO+. The molecule has 0 fully saturated rings. The number of quaternary nitrogens is 1. The molecule has 0 aliphatic rings. The number of hydrogen-bond donors (Lipinski definition) is 2. The van der Waals surface area contributed by atoms with Gasteiger partial charge in [-0.2, -0.15) is 0 Å². The Morgan fingerprint density at radius 2 is 1.83 bits per heavy atom. The third-order valence-corrected chi connectivity index (χ3v) is 2.69. The van der Waals surface area contributed by atoms with Gasteiger partial charge in [-0.3, -0.25) is 0 Å². The smallest absolute Gasteiger partial charge is 0.138 e. The Bertz CT molecular complexity index is 408. The van der Waals surface area contributed by atoms with E-state index in [1.807, 2.05) is 37.3 Å². The Balaban J connectivity index is 2.46. The first-order chi connectivity index (χ1) is 8.40. The van der Waals surface area contributed by atoms with Crippen molar-refractivity contribution in [1.82, 2.24) is 0 Å². The highest BCUT2D eigenvalue weighted by Crippen LogP contribution is 2.13.